The monoisotopic (exact) mass is 166 g/mol. The Labute approximate surface area is 65.5 Å². The van der Waals surface area contributed by atoms with Crippen molar-refractivity contribution in [2.75, 3.05) is 0 Å². The minimum absolute atomic E-state index is 0. The summed E-state index contributed by atoms with van der Waals surface area (Å²) >= 11 is 0. The highest BCUT2D eigenvalue weighted by Crippen LogP contribution is 1.78. The molecule has 5 heteroatoms. The van der Waals surface area contributed by atoms with E-state index in [0.717, 1.165) is 0 Å². The highest BCUT2D eigenvalue weighted by molar-refractivity contribution is 4.97. The van der Waals surface area contributed by atoms with E-state index in [2.05, 4.69) is 15.7 Å². The maximum absolute atomic E-state index is 3.76. The first-order valence-electron chi connectivity index (χ1n) is 1.98. The molecule has 9 heavy (non-hydrogen) atoms. The smallest absolute Gasteiger partial charge is 0.323 e. The van der Waals surface area contributed by atoms with Crippen LogP contribution in [0.1, 0.15) is 0 Å². The molecule has 1 rings (SSSR count). The predicted molar refractivity (Wildman–Crippen MR) is 24.6 cm³/mol. The van der Waals surface area contributed by atoms with Crippen molar-refractivity contribution in [2.45, 2.75) is 0 Å². The maximum atomic E-state index is 3.76. The van der Waals surface area contributed by atoms with Gasteiger partial charge < -0.3 is 24.8 Å². The number of halogens is 2. The fourth-order valence-electron chi connectivity index (χ4n) is 0.330. The van der Waals surface area contributed by atoms with Crippen molar-refractivity contribution in [2.24, 2.45) is 0 Å². The molecule has 0 fully saturated rings. The summed E-state index contributed by atoms with van der Waals surface area (Å²) < 4.78 is 0. The summed E-state index contributed by atoms with van der Waals surface area (Å²) in [6.07, 6.45) is 3.32. The number of nitrogens with zero attached hydrogens (tertiary/aromatic N) is 2. The molecule has 0 amide bonds. The fraction of sp³-hybridized carbons (Fsp3) is 0. The minimum Gasteiger partial charge on any atom is -1.00 e. The van der Waals surface area contributed by atoms with Crippen molar-refractivity contribution in [3.05, 3.63) is 18.5 Å². The van der Waals surface area contributed by atoms with E-state index >= 15 is 0 Å². The third-order valence-corrected chi connectivity index (χ3v) is 0.619. The van der Waals surface area contributed by atoms with Crippen LogP contribution in [0, 0.1) is 0 Å². The van der Waals surface area contributed by atoms with Gasteiger partial charge in [0.1, 0.15) is 0 Å². The lowest BCUT2D eigenvalue weighted by Gasteiger charge is -1.77. The lowest BCUT2D eigenvalue weighted by molar-refractivity contribution is -0.267. The first kappa shape index (κ1) is 11.4. The van der Waals surface area contributed by atoms with Crippen molar-refractivity contribution < 1.29 is 30.5 Å². The van der Waals surface area contributed by atoms with Crippen LogP contribution in [-0.4, -0.2) is 9.97 Å². The molecule has 0 aliphatic rings. The molecule has 0 bridgehead atoms. The molecule has 3 N–H and O–H groups in total. The Morgan fingerprint density at radius 2 is 1.56 bits per heavy atom. The van der Waals surface area contributed by atoms with E-state index in [4.69, 9.17) is 0 Å². The summed E-state index contributed by atoms with van der Waals surface area (Å²) in [6.45, 7) is 0. The second kappa shape index (κ2) is 5.75. The first-order chi connectivity index (χ1) is 3.39. The van der Waals surface area contributed by atoms with E-state index in [1.807, 2.05) is 0 Å². The Morgan fingerprint density at radius 1 is 1.11 bits per heavy atom. The van der Waals surface area contributed by atoms with Crippen molar-refractivity contribution in [3.63, 3.8) is 0 Å². The van der Waals surface area contributed by atoms with Crippen molar-refractivity contribution >= 4 is 5.95 Å². The highest BCUT2D eigenvalue weighted by Gasteiger charge is 1.80. The summed E-state index contributed by atoms with van der Waals surface area (Å²) in [5, 5.41) is 0. The molecular weight excluding hydrogens is 161 g/mol. The number of aromatic nitrogens is 2. The van der Waals surface area contributed by atoms with Crippen LogP contribution in [0.2, 0.25) is 0 Å². The van der Waals surface area contributed by atoms with Gasteiger partial charge >= 0.3 is 5.95 Å². The molecule has 1 aromatic rings. The topological polar surface area (TPSA) is 53.4 Å². The number of hydrogen-bond acceptors (Lipinski definition) is 2. The number of rotatable bonds is 0. The van der Waals surface area contributed by atoms with Crippen LogP contribution >= 0.6 is 0 Å². The van der Waals surface area contributed by atoms with E-state index in [-0.39, 0.29) is 24.8 Å². The Hall–Kier alpha value is -0.380. The summed E-state index contributed by atoms with van der Waals surface area (Å²) in [5.41, 5.74) is 3.50. The molecule has 0 saturated carbocycles. The molecule has 0 aliphatic heterocycles. The average Bonchev–Trinajstić information content (AvgIpc) is 1.69. The number of hydrogen-bond donors (Lipinski definition) is 1. The SMILES string of the molecule is [Cl-].[Cl-].[NH3+]c1ncccn1. The van der Waals surface area contributed by atoms with Crippen molar-refractivity contribution in [1.82, 2.24) is 9.97 Å². The van der Waals surface area contributed by atoms with Gasteiger partial charge in [-0.1, -0.05) is 0 Å². The van der Waals surface area contributed by atoms with Gasteiger partial charge in [0.05, 0.1) is 0 Å². The quantitative estimate of drug-likeness (QED) is 0.417. The molecular formula is C4H6Cl2N3-. The van der Waals surface area contributed by atoms with E-state index in [0.29, 0.717) is 5.95 Å². The van der Waals surface area contributed by atoms with Crippen LogP contribution in [0.3, 0.4) is 0 Å². The molecule has 0 aromatic carbocycles. The van der Waals surface area contributed by atoms with Gasteiger partial charge in [-0.05, 0) is 6.07 Å². The van der Waals surface area contributed by atoms with Gasteiger partial charge in [0.2, 0.25) is 0 Å². The van der Waals surface area contributed by atoms with Crippen LogP contribution in [0.5, 0.6) is 0 Å². The fourth-order valence-corrected chi connectivity index (χ4v) is 0.330. The van der Waals surface area contributed by atoms with E-state index < -0.39 is 0 Å². The summed E-state index contributed by atoms with van der Waals surface area (Å²) in [7, 11) is 0. The average molecular weight is 167 g/mol. The highest BCUT2D eigenvalue weighted by atomic mass is 35.5. The minimum atomic E-state index is 0. The Bertz CT molecular complexity index is 144. The summed E-state index contributed by atoms with van der Waals surface area (Å²) in [4.78, 5) is 7.51. The Morgan fingerprint density at radius 3 is 1.78 bits per heavy atom. The molecule has 0 saturated heterocycles. The largest absolute Gasteiger partial charge is 1.00 e. The van der Waals surface area contributed by atoms with Crippen molar-refractivity contribution in [1.29, 1.82) is 0 Å². The first-order valence-corrected chi connectivity index (χ1v) is 1.98. The van der Waals surface area contributed by atoms with Gasteiger partial charge in [-0.2, -0.15) is 9.97 Å². The molecule has 1 heterocycles. The van der Waals surface area contributed by atoms with E-state index in [1.54, 1.807) is 18.5 Å². The van der Waals surface area contributed by atoms with Gasteiger partial charge in [-0.15, -0.1) is 0 Å². The Kier molecular flexibility index (Phi) is 7.30. The third-order valence-electron chi connectivity index (χ3n) is 0.619. The van der Waals surface area contributed by atoms with Crippen LogP contribution < -0.4 is 30.5 Å². The van der Waals surface area contributed by atoms with Gasteiger partial charge in [-0.25, -0.2) is 0 Å². The lowest BCUT2D eigenvalue weighted by Crippen LogP contribution is -3.00. The standard InChI is InChI=1S/C4H5N3.2ClH/c5-4-6-2-1-3-7-4;;/h1-3H,(H2,5,6,7);2*1H/p-1. The Balaban J connectivity index is 0. The van der Waals surface area contributed by atoms with Gasteiger partial charge in [0, 0.05) is 12.4 Å². The summed E-state index contributed by atoms with van der Waals surface area (Å²) in [6, 6.07) is 1.76. The normalized spacial score (nSPS) is 6.78. The molecule has 0 spiro atoms. The molecule has 3 nitrogen and oxygen atoms in total. The predicted octanol–water partition coefficient (Wildman–Crippen LogP) is -6.64. The summed E-state index contributed by atoms with van der Waals surface area (Å²) in [5.74, 6) is 0.572. The second-order valence-corrected chi connectivity index (χ2v) is 1.17. The molecule has 0 aliphatic carbocycles. The van der Waals surface area contributed by atoms with Gasteiger partial charge in [0.25, 0.3) is 0 Å². The van der Waals surface area contributed by atoms with Crippen LogP contribution in [0.25, 0.3) is 0 Å². The zero-order valence-corrected chi connectivity index (χ0v) is 6.10. The third kappa shape index (κ3) is 4.14. The van der Waals surface area contributed by atoms with E-state index in [1.165, 1.54) is 0 Å². The second-order valence-electron chi connectivity index (χ2n) is 1.17. The molecule has 0 radical (unpaired) electrons. The molecule has 0 atom stereocenters. The van der Waals surface area contributed by atoms with Crippen LogP contribution in [0.4, 0.5) is 5.95 Å². The van der Waals surface area contributed by atoms with Crippen LogP contribution in [-0.2, 0) is 0 Å². The zero-order chi connectivity index (χ0) is 5.11. The lowest BCUT2D eigenvalue weighted by atomic mass is 10.7. The van der Waals surface area contributed by atoms with Crippen LogP contribution in [0.15, 0.2) is 18.5 Å². The number of quaternary nitrogens is 1. The van der Waals surface area contributed by atoms with Gasteiger partial charge in [-0.3, -0.25) is 5.73 Å². The molecule has 52 valence electrons. The zero-order valence-electron chi connectivity index (χ0n) is 4.59. The van der Waals surface area contributed by atoms with E-state index in [9.17, 15) is 0 Å². The maximum Gasteiger partial charge on any atom is 0.323 e. The van der Waals surface area contributed by atoms with Crippen molar-refractivity contribution in [3.8, 4) is 0 Å². The molecule has 0 unspecified atom stereocenters. The molecule has 1 aromatic heterocycles. The van der Waals surface area contributed by atoms with Gasteiger partial charge in [0.15, 0.2) is 0 Å².